The molecule has 1 N–H and O–H groups in total. The van der Waals surface area contributed by atoms with Gasteiger partial charge in [0.25, 0.3) is 0 Å². The fraction of sp³-hybridized carbons (Fsp3) is 0.750. The van der Waals surface area contributed by atoms with E-state index in [1.54, 1.807) is 0 Å². The summed E-state index contributed by atoms with van der Waals surface area (Å²) in [6.07, 6.45) is 5.66. The van der Waals surface area contributed by atoms with Gasteiger partial charge < -0.3 is 20.0 Å². The van der Waals surface area contributed by atoms with Crippen molar-refractivity contribution in [2.75, 3.05) is 62.2 Å². The third-order valence-electron chi connectivity index (χ3n) is 5.64. The molecule has 0 aromatic carbocycles. The molecule has 0 aliphatic carbocycles. The second-order valence-corrected chi connectivity index (χ2v) is 8.06. The average molecular weight is 375 g/mol. The molecule has 2 fully saturated rings. The maximum Gasteiger partial charge on any atom is 0.225 e. The van der Waals surface area contributed by atoms with Crippen LogP contribution in [0.1, 0.15) is 33.6 Å². The van der Waals surface area contributed by atoms with Crippen molar-refractivity contribution in [3.63, 3.8) is 0 Å². The summed E-state index contributed by atoms with van der Waals surface area (Å²) in [4.78, 5) is 28.5. The highest BCUT2D eigenvalue weighted by Gasteiger charge is 2.25. The first-order chi connectivity index (χ1) is 13.1. The fourth-order valence-electron chi connectivity index (χ4n) is 3.75. The third-order valence-corrected chi connectivity index (χ3v) is 5.64. The molecule has 0 unspecified atom stereocenters. The lowest BCUT2D eigenvalue weighted by molar-refractivity contribution is -0.125. The number of amides is 1. The van der Waals surface area contributed by atoms with E-state index in [2.05, 4.69) is 50.8 Å². The Hall–Kier alpha value is -1.89. The highest BCUT2D eigenvalue weighted by Crippen LogP contribution is 2.23. The molecule has 1 aromatic rings. The number of hydrogen-bond acceptors (Lipinski definition) is 6. The second kappa shape index (κ2) is 9.35. The summed E-state index contributed by atoms with van der Waals surface area (Å²) < 4.78 is 0. The quantitative estimate of drug-likeness (QED) is 0.816. The van der Waals surface area contributed by atoms with E-state index in [1.807, 2.05) is 12.4 Å². The van der Waals surface area contributed by atoms with Gasteiger partial charge in [-0.05, 0) is 25.3 Å². The van der Waals surface area contributed by atoms with Crippen LogP contribution in [0.15, 0.2) is 12.4 Å². The summed E-state index contributed by atoms with van der Waals surface area (Å²) in [6, 6.07) is 0. The monoisotopic (exact) mass is 374 g/mol. The van der Waals surface area contributed by atoms with E-state index in [9.17, 15) is 4.79 Å². The number of hydrogen-bond donors (Lipinski definition) is 1. The van der Waals surface area contributed by atoms with Crippen LogP contribution >= 0.6 is 0 Å². The summed E-state index contributed by atoms with van der Waals surface area (Å²) in [5.41, 5.74) is 1.06. The molecule has 2 aliphatic heterocycles. The number of piperazine rings is 1. The predicted molar refractivity (Wildman–Crippen MR) is 109 cm³/mol. The van der Waals surface area contributed by atoms with E-state index in [0.717, 1.165) is 76.8 Å². The lowest BCUT2D eigenvalue weighted by Gasteiger charge is -2.35. The summed E-state index contributed by atoms with van der Waals surface area (Å²) in [6.45, 7) is 14.2. The fourth-order valence-corrected chi connectivity index (χ4v) is 3.75. The van der Waals surface area contributed by atoms with Crippen LogP contribution in [-0.2, 0) is 4.79 Å². The van der Waals surface area contributed by atoms with Gasteiger partial charge in [0.2, 0.25) is 11.9 Å². The molecule has 27 heavy (non-hydrogen) atoms. The Labute approximate surface area is 163 Å². The van der Waals surface area contributed by atoms with Crippen LogP contribution in [0, 0.1) is 11.8 Å². The Balaban J connectivity index is 1.48. The number of carbonyl (C=O) groups is 1. The minimum absolute atomic E-state index is 0.134. The molecule has 3 heterocycles. The molecule has 3 rings (SSSR count). The summed E-state index contributed by atoms with van der Waals surface area (Å²) >= 11 is 0. The van der Waals surface area contributed by atoms with Gasteiger partial charge in [-0.15, -0.1) is 0 Å². The maximum absolute atomic E-state index is 12.2. The SMILES string of the molecule is CCN1CCN(c2ncc(N3CCC(C(=O)NCC(C)C)CC3)cn2)CC1. The van der Waals surface area contributed by atoms with Crippen LogP contribution in [0.25, 0.3) is 0 Å². The molecule has 1 amide bonds. The van der Waals surface area contributed by atoms with Gasteiger partial charge in [0.15, 0.2) is 0 Å². The largest absolute Gasteiger partial charge is 0.369 e. The Morgan fingerprint density at radius 3 is 2.26 bits per heavy atom. The molecule has 7 nitrogen and oxygen atoms in total. The van der Waals surface area contributed by atoms with Gasteiger partial charge in [-0.25, -0.2) is 9.97 Å². The number of rotatable bonds is 6. The zero-order chi connectivity index (χ0) is 19.2. The molecule has 2 aliphatic rings. The topological polar surface area (TPSA) is 64.6 Å². The zero-order valence-corrected chi connectivity index (χ0v) is 17.0. The second-order valence-electron chi connectivity index (χ2n) is 8.06. The van der Waals surface area contributed by atoms with E-state index in [1.165, 1.54) is 0 Å². The van der Waals surface area contributed by atoms with Crippen molar-refractivity contribution in [2.24, 2.45) is 11.8 Å². The van der Waals surface area contributed by atoms with E-state index in [0.29, 0.717) is 5.92 Å². The Morgan fingerprint density at radius 1 is 1.07 bits per heavy atom. The Kier molecular flexibility index (Phi) is 6.88. The van der Waals surface area contributed by atoms with Gasteiger partial charge in [0.1, 0.15) is 0 Å². The van der Waals surface area contributed by atoms with Crippen molar-refractivity contribution in [1.29, 1.82) is 0 Å². The van der Waals surface area contributed by atoms with Crippen molar-refractivity contribution in [1.82, 2.24) is 20.2 Å². The van der Waals surface area contributed by atoms with Crippen molar-refractivity contribution in [3.05, 3.63) is 12.4 Å². The van der Waals surface area contributed by atoms with Crippen LogP contribution in [0.3, 0.4) is 0 Å². The first-order valence-corrected chi connectivity index (χ1v) is 10.4. The van der Waals surface area contributed by atoms with Crippen molar-refractivity contribution >= 4 is 17.5 Å². The molecular formula is C20H34N6O. The standard InChI is InChI=1S/C20H34N6O/c1-4-24-9-11-26(12-10-24)20-22-14-18(15-23-20)25-7-5-17(6-8-25)19(27)21-13-16(2)3/h14-17H,4-13H2,1-3H3,(H,21,27). The van der Waals surface area contributed by atoms with Gasteiger partial charge in [-0.1, -0.05) is 20.8 Å². The molecule has 0 radical (unpaired) electrons. The van der Waals surface area contributed by atoms with E-state index in [-0.39, 0.29) is 11.8 Å². The lowest BCUT2D eigenvalue weighted by atomic mass is 9.95. The normalized spacial score (nSPS) is 19.6. The highest BCUT2D eigenvalue weighted by molar-refractivity contribution is 5.79. The van der Waals surface area contributed by atoms with Crippen LogP contribution in [-0.4, -0.2) is 73.1 Å². The summed E-state index contributed by atoms with van der Waals surface area (Å²) in [5, 5.41) is 3.07. The molecule has 7 heteroatoms. The number of nitrogens with one attached hydrogen (secondary N) is 1. The van der Waals surface area contributed by atoms with Crippen molar-refractivity contribution in [3.8, 4) is 0 Å². The Morgan fingerprint density at radius 2 is 1.70 bits per heavy atom. The Bertz CT molecular complexity index is 589. The lowest BCUT2D eigenvalue weighted by Crippen LogP contribution is -2.46. The van der Waals surface area contributed by atoms with Gasteiger partial charge in [0, 0.05) is 51.7 Å². The molecule has 0 atom stereocenters. The first kappa shape index (κ1) is 19.9. The number of aromatic nitrogens is 2. The third kappa shape index (κ3) is 5.31. The number of anilines is 2. The maximum atomic E-state index is 12.2. The van der Waals surface area contributed by atoms with Crippen LogP contribution in [0.5, 0.6) is 0 Å². The van der Waals surface area contributed by atoms with Gasteiger partial charge in [-0.3, -0.25) is 4.79 Å². The zero-order valence-electron chi connectivity index (χ0n) is 17.0. The molecule has 0 bridgehead atoms. The predicted octanol–water partition coefficient (Wildman–Crippen LogP) is 1.61. The number of nitrogens with zero attached hydrogens (tertiary/aromatic N) is 5. The minimum Gasteiger partial charge on any atom is -0.369 e. The summed E-state index contributed by atoms with van der Waals surface area (Å²) in [7, 11) is 0. The molecule has 0 spiro atoms. The van der Waals surface area contributed by atoms with Crippen LogP contribution in [0.2, 0.25) is 0 Å². The number of piperidine rings is 1. The van der Waals surface area contributed by atoms with E-state index in [4.69, 9.17) is 0 Å². The summed E-state index contributed by atoms with van der Waals surface area (Å²) in [5.74, 6) is 1.67. The molecule has 1 aromatic heterocycles. The number of likely N-dealkylation sites (N-methyl/N-ethyl adjacent to an activating group) is 1. The van der Waals surface area contributed by atoms with Crippen LogP contribution < -0.4 is 15.1 Å². The van der Waals surface area contributed by atoms with Crippen LogP contribution in [0.4, 0.5) is 11.6 Å². The van der Waals surface area contributed by atoms with Crippen molar-refractivity contribution in [2.45, 2.75) is 33.6 Å². The number of carbonyl (C=O) groups excluding carboxylic acids is 1. The smallest absolute Gasteiger partial charge is 0.225 e. The van der Waals surface area contributed by atoms with Gasteiger partial charge in [-0.2, -0.15) is 0 Å². The minimum atomic E-state index is 0.134. The average Bonchev–Trinajstić information content (AvgIpc) is 2.72. The van der Waals surface area contributed by atoms with Gasteiger partial charge in [0.05, 0.1) is 18.1 Å². The highest BCUT2D eigenvalue weighted by atomic mass is 16.1. The molecular weight excluding hydrogens is 340 g/mol. The first-order valence-electron chi connectivity index (χ1n) is 10.4. The van der Waals surface area contributed by atoms with E-state index < -0.39 is 0 Å². The molecule has 150 valence electrons. The van der Waals surface area contributed by atoms with Gasteiger partial charge >= 0.3 is 0 Å². The molecule has 2 saturated heterocycles. The molecule has 0 saturated carbocycles. The van der Waals surface area contributed by atoms with E-state index >= 15 is 0 Å². The van der Waals surface area contributed by atoms with Crippen molar-refractivity contribution < 1.29 is 4.79 Å².